The molecule has 0 bridgehead atoms. The lowest BCUT2D eigenvalue weighted by molar-refractivity contribution is -0.123. The van der Waals surface area contributed by atoms with Crippen LogP contribution in [0.1, 0.15) is 12.0 Å². The lowest BCUT2D eigenvalue weighted by Gasteiger charge is -2.28. The summed E-state index contributed by atoms with van der Waals surface area (Å²) in [6.45, 7) is 1.02. The molecule has 2 unspecified atom stereocenters. The summed E-state index contributed by atoms with van der Waals surface area (Å²) in [7, 11) is 2.06. The smallest absolute Gasteiger partial charge is 0.237 e. The summed E-state index contributed by atoms with van der Waals surface area (Å²) in [6.07, 6.45) is 1.05. The molecule has 3 aliphatic heterocycles. The van der Waals surface area contributed by atoms with Crippen LogP contribution in [0.2, 0.25) is 0 Å². The quantitative estimate of drug-likeness (QED) is 0.856. The van der Waals surface area contributed by atoms with Gasteiger partial charge in [-0.3, -0.25) is 9.79 Å². The Morgan fingerprint density at radius 3 is 2.95 bits per heavy atom. The first-order valence-electron chi connectivity index (χ1n) is 6.79. The number of amides is 1. The summed E-state index contributed by atoms with van der Waals surface area (Å²) in [4.78, 5) is 20.8. The van der Waals surface area contributed by atoms with Gasteiger partial charge in [0.15, 0.2) is 0 Å². The highest BCUT2D eigenvalue weighted by molar-refractivity contribution is 8.04. The zero-order valence-electron chi connectivity index (χ0n) is 11.2. The van der Waals surface area contributed by atoms with Crippen molar-refractivity contribution in [3.05, 3.63) is 46.5 Å². The summed E-state index contributed by atoms with van der Waals surface area (Å²) < 4.78 is 0. The van der Waals surface area contributed by atoms with E-state index in [1.807, 2.05) is 30.3 Å². The average Bonchev–Trinajstić information content (AvgIpc) is 3.00. The van der Waals surface area contributed by atoms with Crippen LogP contribution in [-0.4, -0.2) is 35.6 Å². The van der Waals surface area contributed by atoms with Crippen LogP contribution >= 0.6 is 11.8 Å². The van der Waals surface area contributed by atoms with E-state index in [2.05, 4.69) is 17.3 Å². The minimum Gasteiger partial charge on any atom is -0.376 e. The summed E-state index contributed by atoms with van der Waals surface area (Å²) in [5.74, 6) is 0.665. The topological polar surface area (TPSA) is 44.7 Å². The van der Waals surface area contributed by atoms with Crippen molar-refractivity contribution in [1.82, 2.24) is 10.2 Å². The number of thioether (sulfide) groups is 1. The number of carbonyl (C=O) groups is 1. The van der Waals surface area contributed by atoms with Gasteiger partial charge in [0.2, 0.25) is 5.91 Å². The third-order valence-electron chi connectivity index (χ3n) is 4.04. The molecule has 0 saturated carbocycles. The number of nitrogens with zero attached hydrogens (tertiary/aromatic N) is 2. The van der Waals surface area contributed by atoms with Gasteiger partial charge in [-0.25, -0.2) is 0 Å². The molecule has 3 heterocycles. The van der Waals surface area contributed by atoms with Crippen LogP contribution in [0.25, 0.3) is 0 Å². The lowest BCUT2D eigenvalue weighted by Crippen LogP contribution is -2.46. The van der Waals surface area contributed by atoms with E-state index in [4.69, 9.17) is 4.99 Å². The van der Waals surface area contributed by atoms with E-state index >= 15 is 0 Å². The Labute approximate surface area is 121 Å². The molecule has 0 spiro atoms. The van der Waals surface area contributed by atoms with E-state index in [0.717, 1.165) is 18.5 Å². The maximum absolute atomic E-state index is 12.5. The monoisotopic (exact) mass is 285 g/mol. The van der Waals surface area contributed by atoms with E-state index in [1.54, 1.807) is 11.8 Å². The standard InChI is InChI=1S/C15H15N3OS/c1-18-8-7-10-12(18)11-14(19)16-13(17-15(11)20-10)9-5-3-2-4-6-9/h2-6,11,15H,7-8H2,1H3,(H,16,17,19). The second-order valence-electron chi connectivity index (χ2n) is 5.30. The molecular weight excluding hydrogens is 270 g/mol. The third kappa shape index (κ3) is 1.69. The van der Waals surface area contributed by atoms with Crippen molar-refractivity contribution >= 4 is 23.5 Å². The van der Waals surface area contributed by atoms with Gasteiger partial charge in [0.05, 0.1) is 0 Å². The Hall–Kier alpha value is -1.75. The third-order valence-corrected chi connectivity index (χ3v) is 5.36. The van der Waals surface area contributed by atoms with Crippen LogP contribution in [0.4, 0.5) is 0 Å². The largest absolute Gasteiger partial charge is 0.376 e. The highest BCUT2D eigenvalue weighted by Gasteiger charge is 2.46. The number of fused-ring (bicyclic) bond motifs is 2. The molecule has 1 aromatic carbocycles. The summed E-state index contributed by atoms with van der Waals surface area (Å²) >= 11 is 1.76. The highest BCUT2D eigenvalue weighted by Crippen LogP contribution is 2.49. The normalized spacial score (nSPS) is 28.1. The van der Waals surface area contributed by atoms with Gasteiger partial charge in [-0.15, -0.1) is 11.8 Å². The molecular formula is C15H15N3OS. The van der Waals surface area contributed by atoms with Crippen LogP contribution in [0, 0.1) is 5.92 Å². The maximum atomic E-state index is 12.5. The van der Waals surface area contributed by atoms with E-state index in [0.29, 0.717) is 5.84 Å². The van der Waals surface area contributed by atoms with E-state index in [9.17, 15) is 4.79 Å². The predicted molar refractivity (Wildman–Crippen MR) is 80.3 cm³/mol. The summed E-state index contributed by atoms with van der Waals surface area (Å²) in [6, 6.07) is 9.85. The first-order valence-corrected chi connectivity index (χ1v) is 7.67. The Kier molecular flexibility index (Phi) is 2.63. The zero-order valence-corrected chi connectivity index (χ0v) is 12.0. The molecule has 2 atom stereocenters. The van der Waals surface area contributed by atoms with Gasteiger partial charge in [0, 0.05) is 29.8 Å². The van der Waals surface area contributed by atoms with Crippen molar-refractivity contribution in [1.29, 1.82) is 0 Å². The van der Waals surface area contributed by atoms with Crippen LogP contribution in [0.3, 0.4) is 0 Å². The molecule has 20 heavy (non-hydrogen) atoms. The number of aliphatic imine (C=N–C) groups is 1. The van der Waals surface area contributed by atoms with Gasteiger partial charge >= 0.3 is 0 Å². The SMILES string of the molecule is CN1CCC2=C1C1C(=O)NC(c3ccccc3)=NC1S2. The lowest BCUT2D eigenvalue weighted by atomic mass is 10.0. The molecule has 1 N–H and O–H groups in total. The molecule has 1 aromatic rings. The Bertz CT molecular complexity index is 638. The maximum Gasteiger partial charge on any atom is 0.237 e. The number of hydrogen-bond acceptors (Lipinski definition) is 4. The van der Waals surface area contributed by atoms with Crippen molar-refractivity contribution in [2.45, 2.75) is 11.8 Å². The Balaban J connectivity index is 1.70. The highest BCUT2D eigenvalue weighted by atomic mass is 32.2. The first-order chi connectivity index (χ1) is 9.74. The van der Waals surface area contributed by atoms with E-state index in [1.165, 1.54) is 10.6 Å². The fraction of sp³-hybridized carbons (Fsp3) is 0.333. The van der Waals surface area contributed by atoms with Crippen LogP contribution < -0.4 is 5.32 Å². The zero-order chi connectivity index (χ0) is 13.7. The summed E-state index contributed by atoms with van der Waals surface area (Å²) in [5.41, 5.74) is 2.16. The number of hydrogen-bond donors (Lipinski definition) is 1. The predicted octanol–water partition coefficient (Wildman–Crippen LogP) is 1.80. The molecule has 4 rings (SSSR count). The van der Waals surface area contributed by atoms with Gasteiger partial charge in [-0.1, -0.05) is 30.3 Å². The minimum atomic E-state index is -0.116. The number of carbonyl (C=O) groups excluding carboxylic acids is 1. The van der Waals surface area contributed by atoms with Gasteiger partial charge in [0.25, 0.3) is 0 Å². The Morgan fingerprint density at radius 1 is 1.35 bits per heavy atom. The van der Waals surface area contributed by atoms with Crippen molar-refractivity contribution < 1.29 is 4.79 Å². The molecule has 0 fully saturated rings. The Morgan fingerprint density at radius 2 is 2.15 bits per heavy atom. The van der Waals surface area contributed by atoms with E-state index in [-0.39, 0.29) is 17.2 Å². The van der Waals surface area contributed by atoms with Gasteiger partial charge in [-0.2, -0.15) is 0 Å². The van der Waals surface area contributed by atoms with E-state index < -0.39 is 0 Å². The van der Waals surface area contributed by atoms with Gasteiger partial charge in [-0.05, 0) is 6.42 Å². The first kappa shape index (κ1) is 12.0. The number of rotatable bonds is 1. The molecule has 1 amide bonds. The van der Waals surface area contributed by atoms with Crippen LogP contribution in [0.15, 0.2) is 45.9 Å². The second kappa shape index (κ2) is 4.38. The molecule has 0 aliphatic carbocycles. The fourth-order valence-electron chi connectivity index (χ4n) is 3.06. The molecule has 4 nitrogen and oxygen atoms in total. The van der Waals surface area contributed by atoms with Gasteiger partial charge in [0.1, 0.15) is 17.1 Å². The summed E-state index contributed by atoms with van der Waals surface area (Å²) in [5, 5.41) is 2.98. The van der Waals surface area contributed by atoms with Crippen LogP contribution in [0.5, 0.6) is 0 Å². The van der Waals surface area contributed by atoms with Crippen molar-refractivity contribution in [2.75, 3.05) is 13.6 Å². The number of amidine groups is 1. The minimum absolute atomic E-state index is 0.00621. The molecule has 3 aliphatic rings. The molecule has 0 saturated heterocycles. The number of benzene rings is 1. The second-order valence-corrected chi connectivity index (χ2v) is 6.51. The number of nitrogens with one attached hydrogen (secondary N) is 1. The van der Waals surface area contributed by atoms with Gasteiger partial charge < -0.3 is 10.2 Å². The average molecular weight is 285 g/mol. The van der Waals surface area contributed by atoms with Crippen molar-refractivity contribution in [2.24, 2.45) is 10.9 Å². The molecule has 0 radical (unpaired) electrons. The van der Waals surface area contributed by atoms with Crippen molar-refractivity contribution in [3.8, 4) is 0 Å². The van der Waals surface area contributed by atoms with Crippen molar-refractivity contribution in [3.63, 3.8) is 0 Å². The molecule has 5 heteroatoms. The molecule has 0 aromatic heterocycles. The molecule has 102 valence electrons. The van der Waals surface area contributed by atoms with Crippen LogP contribution in [-0.2, 0) is 4.79 Å². The fourth-order valence-corrected chi connectivity index (χ4v) is 4.51.